The van der Waals surface area contributed by atoms with Crippen molar-refractivity contribution in [3.8, 4) is 0 Å². The van der Waals surface area contributed by atoms with Gasteiger partial charge in [-0.3, -0.25) is 9.59 Å². The van der Waals surface area contributed by atoms with Gasteiger partial charge in [0.2, 0.25) is 11.8 Å². The fourth-order valence-electron chi connectivity index (χ4n) is 3.92. The number of halogens is 2. The fraction of sp³-hybridized carbons (Fsp3) is 0.476. The van der Waals surface area contributed by atoms with Crippen LogP contribution in [0.2, 0.25) is 0 Å². The van der Waals surface area contributed by atoms with E-state index in [2.05, 4.69) is 5.32 Å². The maximum atomic E-state index is 14.0. The molecular weight excluding hydrogens is 396 g/mol. The molecule has 0 spiro atoms. The number of nitrogens with one attached hydrogen (secondary N) is 1. The van der Waals surface area contributed by atoms with Gasteiger partial charge < -0.3 is 10.2 Å². The first-order chi connectivity index (χ1) is 14.0. The normalized spacial score (nSPS) is 18.8. The summed E-state index contributed by atoms with van der Waals surface area (Å²) in [5.74, 6) is -2.57. The summed E-state index contributed by atoms with van der Waals surface area (Å²) >= 11 is 1.78. The molecule has 1 aromatic heterocycles. The van der Waals surface area contributed by atoms with Crippen molar-refractivity contribution in [3.63, 3.8) is 0 Å². The first-order valence-electron chi connectivity index (χ1n) is 10.0. The number of carbonyl (C=O) groups excluding carboxylic acids is 2. The van der Waals surface area contributed by atoms with Crippen molar-refractivity contribution >= 4 is 28.8 Å². The highest BCUT2D eigenvalue weighted by Crippen LogP contribution is 2.29. The number of anilines is 1. The lowest BCUT2D eigenvalue weighted by molar-refractivity contribution is -0.126. The van der Waals surface area contributed by atoms with Crippen LogP contribution in [-0.2, 0) is 28.9 Å². The number of thiazole rings is 1. The number of rotatable bonds is 6. The highest BCUT2D eigenvalue weighted by Gasteiger charge is 2.36. The lowest BCUT2D eigenvalue weighted by atomic mass is 10.0. The summed E-state index contributed by atoms with van der Waals surface area (Å²) in [6, 6.07) is 3.08. The van der Waals surface area contributed by atoms with Gasteiger partial charge in [0.15, 0.2) is 0 Å². The summed E-state index contributed by atoms with van der Waals surface area (Å²) in [7, 11) is 0. The van der Waals surface area contributed by atoms with Crippen molar-refractivity contribution in [1.82, 2.24) is 10.3 Å². The van der Waals surface area contributed by atoms with E-state index in [1.165, 1.54) is 34.4 Å². The van der Waals surface area contributed by atoms with Crippen LogP contribution in [0.15, 0.2) is 18.2 Å². The molecule has 29 heavy (non-hydrogen) atoms. The SMILES string of the molecule is O=C(NCCCc1nc2c(s1)CCCC2)C1CC(=O)N(c2ccc(F)cc2F)C1. The molecule has 1 atom stereocenters. The second-order valence-electron chi connectivity index (χ2n) is 7.58. The third-order valence-corrected chi connectivity index (χ3v) is 6.67. The summed E-state index contributed by atoms with van der Waals surface area (Å²) in [5.41, 5.74) is 1.26. The summed E-state index contributed by atoms with van der Waals surface area (Å²) in [6.07, 6.45) is 6.30. The van der Waals surface area contributed by atoms with Crippen LogP contribution < -0.4 is 10.2 Å². The molecule has 1 aromatic carbocycles. The molecule has 0 bridgehead atoms. The molecule has 1 aliphatic heterocycles. The summed E-state index contributed by atoms with van der Waals surface area (Å²) in [4.78, 5) is 32.0. The van der Waals surface area contributed by atoms with Gasteiger partial charge in [0, 0.05) is 36.9 Å². The second-order valence-corrected chi connectivity index (χ2v) is 8.75. The van der Waals surface area contributed by atoms with Gasteiger partial charge in [-0.2, -0.15) is 0 Å². The zero-order chi connectivity index (χ0) is 20.4. The van der Waals surface area contributed by atoms with Crippen molar-refractivity contribution in [2.24, 2.45) is 5.92 Å². The molecule has 8 heteroatoms. The topological polar surface area (TPSA) is 62.3 Å². The number of amides is 2. The molecule has 0 saturated carbocycles. The molecule has 2 heterocycles. The number of carbonyl (C=O) groups is 2. The highest BCUT2D eigenvalue weighted by molar-refractivity contribution is 7.11. The van der Waals surface area contributed by atoms with Gasteiger partial charge in [-0.1, -0.05) is 0 Å². The predicted molar refractivity (Wildman–Crippen MR) is 107 cm³/mol. The van der Waals surface area contributed by atoms with E-state index in [-0.39, 0.29) is 30.5 Å². The van der Waals surface area contributed by atoms with Gasteiger partial charge in [0.05, 0.1) is 22.3 Å². The van der Waals surface area contributed by atoms with Crippen LogP contribution >= 0.6 is 11.3 Å². The minimum absolute atomic E-state index is 0.0134. The Hall–Kier alpha value is -2.35. The summed E-state index contributed by atoms with van der Waals surface area (Å²) in [5, 5.41) is 4.00. The Morgan fingerprint density at radius 2 is 2.10 bits per heavy atom. The van der Waals surface area contributed by atoms with Crippen LogP contribution in [0, 0.1) is 17.6 Å². The highest BCUT2D eigenvalue weighted by atomic mass is 32.1. The van der Waals surface area contributed by atoms with E-state index < -0.39 is 17.6 Å². The Labute approximate surface area is 172 Å². The third kappa shape index (κ3) is 4.47. The minimum atomic E-state index is -0.800. The van der Waals surface area contributed by atoms with Gasteiger partial charge >= 0.3 is 0 Å². The van der Waals surface area contributed by atoms with E-state index in [1.807, 2.05) is 0 Å². The molecule has 2 aromatic rings. The quantitative estimate of drug-likeness (QED) is 0.730. The number of nitrogens with zero attached hydrogens (tertiary/aromatic N) is 2. The molecule has 1 N–H and O–H groups in total. The first-order valence-corrected chi connectivity index (χ1v) is 10.8. The summed E-state index contributed by atoms with van der Waals surface area (Å²) in [6.45, 7) is 0.616. The Morgan fingerprint density at radius 1 is 1.28 bits per heavy atom. The molecule has 1 unspecified atom stereocenters. The molecule has 5 nitrogen and oxygen atoms in total. The van der Waals surface area contributed by atoms with Crippen molar-refractivity contribution in [2.45, 2.75) is 44.9 Å². The maximum Gasteiger partial charge on any atom is 0.227 e. The monoisotopic (exact) mass is 419 g/mol. The van der Waals surface area contributed by atoms with E-state index in [4.69, 9.17) is 4.98 Å². The predicted octanol–water partition coefficient (Wildman–Crippen LogP) is 3.40. The van der Waals surface area contributed by atoms with Crippen LogP contribution in [0.3, 0.4) is 0 Å². The van der Waals surface area contributed by atoms with Gasteiger partial charge in [-0.25, -0.2) is 13.8 Å². The average molecular weight is 419 g/mol. The largest absolute Gasteiger partial charge is 0.356 e. The molecule has 2 aliphatic rings. The Balaban J connectivity index is 1.26. The second kappa shape index (κ2) is 8.57. The Kier molecular flexibility index (Phi) is 5.89. The Morgan fingerprint density at radius 3 is 2.90 bits per heavy atom. The number of hydrogen-bond acceptors (Lipinski definition) is 4. The minimum Gasteiger partial charge on any atom is -0.356 e. The molecule has 1 fully saturated rings. The van der Waals surface area contributed by atoms with Crippen molar-refractivity contribution in [3.05, 3.63) is 45.4 Å². The van der Waals surface area contributed by atoms with Crippen molar-refractivity contribution in [2.75, 3.05) is 18.0 Å². The van der Waals surface area contributed by atoms with Crippen molar-refractivity contribution in [1.29, 1.82) is 0 Å². The molecule has 0 radical (unpaired) electrons. The van der Waals surface area contributed by atoms with Gasteiger partial charge in [-0.05, 0) is 44.2 Å². The van der Waals surface area contributed by atoms with Crippen LogP contribution in [-0.4, -0.2) is 29.9 Å². The molecule has 2 amide bonds. The smallest absolute Gasteiger partial charge is 0.227 e. The number of benzene rings is 1. The molecule has 1 saturated heterocycles. The molecule has 4 rings (SSSR count). The number of hydrogen-bond donors (Lipinski definition) is 1. The van der Waals surface area contributed by atoms with Gasteiger partial charge in [-0.15, -0.1) is 11.3 Å². The number of fused-ring (bicyclic) bond motifs is 1. The van der Waals surface area contributed by atoms with E-state index in [9.17, 15) is 18.4 Å². The van der Waals surface area contributed by atoms with Gasteiger partial charge in [0.1, 0.15) is 11.6 Å². The lowest BCUT2D eigenvalue weighted by Gasteiger charge is -2.17. The van der Waals surface area contributed by atoms with Crippen LogP contribution in [0.25, 0.3) is 0 Å². The number of aromatic nitrogens is 1. The first kappa shape index (κ1) is 19.9. The van der Waals surface area contributed by atoms with E-state index >= 15 is 0 Å². The number of aryl methyl sites for hydroxylation is 3. The standard InChI is InChI=1S/C21H23F2N3O2S/c22-14-7-8-17(15(23)11-14)26-12-13(10-20(26)27)21(28)24-9-3-6-19-25-16-4-1-2-5-18(16)29-19/h7-8,11,13H,1-6,9-10,12H2,(H,24,28). The fourth-order valence-corrected chi connectivity index (χ4v) is 5.12. The van der Waals surface area contributed by atoms with Crippen LogP contribution in [0.4, 0.5) is 14.5 Å². The van der Waals surface area contributed by atoms with Crippen LogP contribution in [0.1, 0.15) is 41.3 Å². The van der Waals surface area contributed by atoms with Gasteiger partial charge in [0.25, 0.3) is 0 Å². The van der Waals surface area contributed by atoms with E-state index in [1.54, 1.807) is 11.3 Å². The zero-order valence-corrected chi connectivity index (χ0v) is 16.9. The Bertz CT molecular complexity index is 907. The summed E-state index contributed by atoms with van der Waals surface area (Å²) < 4.78 is 27.0. The third-order valence-electron chi connectivity index (χ3n) is 5.45. The maximum absolute atomic E-state index is 14.0. The molecule has 154 valence electrons. The lowest BCUT2D eigenvalue weighted by Crippen LogP contribution is -2.33. The zero-order valence-electron chi connectivity index (χ0n) is 16.0. The van der Waals surface area contributed by atoms with E-state index in [0.717, 1.165) is 42.8 Å². The van der Waals surface area contributed by atoms with Crippen LogP contribution in [0.5, 0.6) is 0 Å². The molecule has 1 aliphatic carbocycles. The molecular formula is C21H23F2N3O2S. The van der Waals surface area contributed by atoms with Crippen molar-refractivity contribution < 1.29 is 18.4 Å². The van der Waals surface area contributed by atoms with E-state index in [0.29, 0.717) is 6.54 Å². The average Bonchev–Trinajstić information content (AvgIpc) is 3.28.